The molecule has 0 aliphatic heterocycles. The van der Waals surface area contributed by atoms with Crippen molar-refractivity contribution in [2.45, 2.75) is 44.4 Å². The van der Waals surface area contributed by atoms with E-state index in [9.17, 15) is 13.6 Å². The van der Waals surface area contributed by atoms with Crippen LogP contribution in [0.1, 0.15) is 61.1 Å². The molecule has 0 spiro atoms. The lowest BCUT2D eigenvalue weighted by Crippen LogP contribution is -2.21. The number of unbranched alkanes of at least 4 members (excludes halogenated alkanes) is 4. The number of aromatic nitrogens is 1. The van der Waals surface area contributed by atoms with E-state index in [1.54, 1.807) is 18.5 Å². The smallest absolute Gasteiger partial charge is 0.243 e. The fraction of sp³-hybridized carbons (Fsp3) is 0.286. The van der Waals surface area contributed by atoms with Crippen molar-refractivity contribution in [2.24, 2.45) is 0 Å². The average Bonchev–Trinajstić information content (AvgIpc) is 2.84. The van der Waals surface area contributed by atoms with Crippen LogP contribution in [0.3, 0.4) is 0 Å². The molecule has 0 bridgehead atoms. The van der Waals surface area contributed by atoms with Gasteiger partial charge in [-0.2, -0.15) is 0 Å². The second kappa shape index (κ2) is 13.3. The SMILES string of the molecule is O=C(/C=C/c1cccnc1)NCCCCCCCC(c1ccc(F)cc1)c1ccc(F)cc1. The van der Waals surface area contributed by atoms with Gasteiger partial charge in [0.15, 0.2) is 0 Å². The van der Waals surface area contributed by atoms with E-state index in [1.807, 2.05) is 36.4 Å². The summed E-state index contributed by atoms with van der Waals surface area (Å²) in [4.78, 5) is 15.9. The van der Waals surface area contributed by atoms with Gasteiger partial charge in [0.25, 0.3) is 0 Å². The van der Waals surface area contributed by atoms with Crippen LogP contribution in [0.15, 0.2) is 79.1 Å². The fourth-order valence-electron chi connectivity index (χ4n) is 3.84. The summed E-state index contributed by atoms with van der Waals surface area (Å²) in [5, 5.41) is 2.91. The second-order valence-electron chi connectivity index (χ2n) is 8.12. The number of nitrogens with zero attached hydrogens (tertiary/aromatic N) is 1. The molecule has 3 rings (SSSR count). The summed E-state index contributed by atoms with van der Waals surface area (Å²) in [5.74, 6) is -0.482. The van der Waals surface area contributed by atoms with Crippen molar-refractivity contribution in [1.29, 1.82) is 0 Å². The molecule has 2 aromatic carbocycles. The molecular weight excluding hydrogens is 418 g/mol. The van der Waals surface area contributed by atoms with Crippen molar-refractivity contribution in [3.63, 3.8) is 0 Å². The Labute approximate surface area is 194 Å². The first kappa shape index (κ1) is 24.3. The molecule has 172 valence electrons. The summed E-state index contributed by atoms with van der Waals surface area (Å²) in [6.07, 6.45) is 12.8. The number of halogens is 2. The van der Waals surface area contributed by atoms with Gasteiger partial charge in [0.1, 0.15) is 11.6 Å². The Morgan fingerprint density at radius 1 is 0.848 bits per heavy atom. The predicted octanol–water partition coefficient (Wildman–Crippen LogP) is 6.66. The van der Waals surface area contributed by atoms with E-state index < -0.39 is 0 Å². The first-order valence-corrected chi connectivity index (χ1v) is 11.5. The number of carbonyl (C=O) groups is 1. The molecule has 5 heteroatoms. The molecule has 3 nitrogen and oxygen atoms in total. The van der Waals surface area contributed by atoms with Crippen LogP contribution < -0.4 is 5.32 Å². The molecule has 0 saturated carbocycles. The van der Waals surface area contributed by atoms with Crippen LogP contribution in [0.4, 0.5) is 8.78 Å². The third-order valence-corrected chi connectivity index (χ3v) is 5.63. The number of benzene rings is 2. The van der Waals surface area contributed by atoms with E-state index in [1.165, 1.54) is 30.3 Å². The molecule has 0 unspecified atom stereocenters. The van der Waals surface area contributed by atoms with E-state index in [2.05, 4.69) is 10.3 Å². The average molecular weight is 449 g/mol. The van der Waals surface area contributed by atoms with E-state index in [-0.39, 0.29) is 23.5 Å². The van der Waals surface area contributed by atoms with Crippen LogP contribution in [0, 0.1) is 11.6 Å². The van der Waals surface area contributed by atoms with E-state index >= 15 is 0 Å². The predicted molar refractivity (Wildman–Crippen MR) is 129 cm³/mol. The summed E-state index contributed by atoms with van der Waals surface area (Å²) in [5.41, 5.74) is 2.99. The number of nitrogens with one attached hydrogen (secondary N) is 1. The van der Waals surface area contributed by atoms with Gasteiger partial charge in [-0.3, -0.25) is 9.78 Å². The molecule has 1 amide bonds. The first-order valence-electron chi connectivity index (χ1n) is 11.5. The molecule has 1 heterocycles. The molecule has 1 aromatic heterocycles. The molecule has 0 aliphatic rings. The highest BCUT2D eigenvalue weighted by atomic mass is 19.1. The Morgan fingerprint density at radius 2 is 1.45 bits per heavy atom. The van der Waals surface area contributed by atoms with Crippen LogP contribution in [0.2, 0.25) is 0 Å². The standard InChI is InChI=1S/C28H30F2N2O/c29-25-14-10-23(11-15-25)27(24-12-16-26(30)17-13-24)8-4-2-1-3-5-20-32-28(33)18-9-22-7-6-19-31-21-22/h6-7,9-19,21,27H,1-5,8,20H2,(H,32,33)/b18-9+. The number of carbonyl (C=O) groups excluding carboxylic acids is 1. The lowest BCUT2D eigenvalue weighted by Gasteiger charge is -2.18. The Bertz CT molecular complexity index is 957. The van der Waals surface area contributed by atoms with Crippen molar-refractivity contribution in [3.8, 4) is 0 Å². The largest absolute Gasteiger partial charge is 0.353 e. The zero-order valence-corrected chi connectivity index (χ0v) is 18.7. The number of hydrogen-bond donors (Lipinski definition) is 1. The maximum Gasteiger partial charge on any atom is 0.243 e. The highest BCUT2D eigenvalue weighted by Gasteiger charge is 2.14. The minimum Gasteiger partial charge on any atom is -0.353 e. The van der Waals surface area contributed by atoms with Gasteiger partial charge in [-0.25, -0.2) is 8.78 Å². The normalized spacial score (nSPS) is 11.2. The molecule has 0 saturated heterocycles. The Morgan fingerprint density at radius 3 is 2.06 bits per heavy atom. The highest BCUT2D eigenvalue weighted by Crippen LogP contribution is 2.30. The third kappa shape index (κ3) is 8.60. The fourth-order valence-corrected chi connectivity index (χ4v) is 3.84. The van der Waals surface area contributed by atoms with Crippen molar-refractivity contribution < 1.29 is 13.6 Å². The Kier molecular flexibility index (Phi) is 9.77. The van der Waals surface area contributed by atoms with Crippen LogP contribution >= 0.6 is 0 Å². The van der Waals surface area contributed by atoms with Crippen molar-refractivity contribution in [1.82, 2.24) is 10.3 Å². The molecule has 33 heavy (non-hydrogen) atoms. The van der Waals surface area contributed by atoms with Crippen molar-refractivity contribution in [3.05, 3.63) is 107 Å². The van der Waals surface area contributed by atoms with Crippen LogP contribution in [0.25, 0.3) is 6.08 Å². The van der Waals surface area contributed by atoms with Gasteiger partial charge in [-0.05, 0) is 65.9 Å². The lowest BCUT2D eigenvalue weighted by molar-refractivity contribution is -0.116. The third-order valence-electron chi connectivity index (χ3n) is 5.63. The second-order valence-corrected chi connectivity index (χ2v) is 8.12. The zero-order valence-electron chi connectivity index (χ0n) is 18.7. The molecule has 0 fully saturated rings. The topological polar surface area (TPSA) is 42.0 Å². The van der Waals surface area contributed by atoms with Gasteiger partial charge in [0.05, 0.1) is 0 Å². The summed E-state index contributed by atoms with van der Waals surface area (Å²) >= 11 is 0. The van der Waals surface area contributed by atoms with Gasteiger partial charge < -0.3 is 5.32 Å². The summed E-state index contributed by atoms with van der Waals surface area (Å²) < 4.78 is 26.7. The molecule has 0 radical (unpaired) electrons. The maximum absolute atomic E-state index is 13.3. The molecule has 3 aromatic rings. The van der Waals surface area contributed by atoms with E-state index in [0.29, 0.717) is 6.54 Å². The lowest BCUT2D eigenvalue weighted by atomic mass is 9.86. The van der Waals surface area contributed by atoms with Crippen molar-refractivity contribution >= 4 is 12.0 Å². The monoisotopic (exact) mass is 448 g/mol. The van der Waals surface area contributed by atoms with Crippen molar-refractivity contribution in [2.75, 3.05) is 6.54 Å². The minimum atomic E-state index is -0.253. The molecule has 1 N–H and O–H groups in total. The number of rotatable bonds is 12. The van der Waals surface area contributed by atoms with Gasteiger partial charge in [-0.15, -0.1) is 0 Å². The van der Waals surface area contributed by atoms with E-state index in [0.717, 1.165) is 55.2 Å². The van der Waals surface area contributed by atoms with Crippen LogP contribution in [-0.2, 0) is 4.79 Å². The summed E-state index contributed by atoms with van der Waals surface area (Å²) in [7, 11) is 0. The van der Waals surface area contributed by atoms with E-state index in [4.69, 9.17) is 0 Å². The first-order chi connectivity index (χ1) is 16.1. The van der Waals surface area contributed by atoms with Gasteiger partial charge in [0.2, 0.25) is 5.91 Å². The minimum absolute atomic E-state index is 0.0970. The van der Waals surface area contributed by atoms with Crippen LogP contribution in [-0.4, -0.2) is 17.4 Å². The van der Waals surface area contributed by atoms with Gasteiger partial charge >= 0.3 is 0 Å². The number of pyridine rings is 1. The number of amides is 1. The zero-order chi connectivity index (χ0) is 23.3. The Balaban J connectivity index is 1.36. The van der Waals surface area contributed by atoms with Gasteiger partial charge in [-0.1, -0.05) is 56.0 Å². The molecule has 0 aliphatic carbocycles. The Hall–Kier alpha value is -3.34. The highest BCUT2D eigenvalue weighted by molar-refractivity contribution is 5.91. The molecule has 0 atom stereocenters. The summed E-state index contributed by atoms with van der Waals surface area (Å²) in [6, 6.07) is 16.9. The summed E-state index contributed by atoms with van der Waals surface area (Å²) in [6.45, 7) is 0.657. The quantitative estimate of drug-likeness (QED) is 0.249. The molecular formula is C28H30F2N2O. The number of hydrogen-bond acceptors (Lipinski definition) is 2. The maximum atomic E-state index is 13.3. The van der Waals surface area contributed by atoms with Gasteiger partial charge in [0, 0.05) is 30.9 Å². The van der Waals surface area contributed by atoms with Crippen LogP contribution in [0.5, 0.6) is 0 Å².